The number of rotatable bonds is 2. The number of aromatic nitrogens is 1. The summed E-state index contributed by atoms with van der Waals surface area (Å²) in [6.45, 7) is 8.71. The summed E-state index contributed by atoms with van der Waals surface area (Å²) < 4.78 is 5.55. The summed E-state index contributed by atoms with van der Waals surface area (Å²) in [5.74, 6) is 0. The van der Waals surface area contributed by atoms with E-state index in [-0.39, 0.29) is 12.1 Å². The Morgan fingerprint density at radius 1 is 1.21 bits per heavy atom. The predicted molar refractivity (Wildman–Crippen MR) is 134 cm³/mol. The van der Waals surface area contributed by atoms with Gasteiger partial charge < -0.3 is 19.9 Å². The van der Waals surface area contributed by atoms with Crippen molar-refractivity contribution in [3.05, 3.63) is 58.4 Å². The van der Waals surface area contributed by atoms with Crippen LogP contribution in [0.1, 0.15) is 60.7 Å². The standard InChI is InChI=1S/C28H34N4O2/c1-18-5-6-27-23(18)14-22(15-30-27)21-12-20-7-9-31(28(33)32-10-11-34-17-19(32)2)16-25(20)24(13-21)26-4-3-8-29-26/h5,12-15,19,26,29H,3-4,6-11,16-17H2,1-2H3/t19-,26+/m1/s1. The number of hydrogen-bond acceptors (Lipinski definition) is 4. The number of carbonyl (C=O) groups is 1. The molecule has 6 rings (SSSR count). The van der Waals surface area contributed by atoms with Crippen molar-refractivity contribution >= 4 is 11.6 Å². The molecular formula is C28H34N4O2. The fourth-order valence-electron chi connectivity index (χ4n) is 6.00. The lowest BCUT2D eigenvalue weighted by Crippen LogP contribution is -2.53. The Balaban J connectivity index is 1.35. The molecule has 0 unspecified atom stereocenters. The van der Waals surface area contributed by atoms with Gasteiger partial charge in [0.1, 0.15) is 0 Å². The number of urea groups is 1. The maximum Gasteiger partial charge on any atom is 0.320 e. The van der Waals surface area contributed by atoms with E-state index in [9.17, 15) is 4.79 Å². The molecule has 6 nitrogen and oxygen atoms in total. The Kier molecular flexibility index (Phi) is 5.66. The van der Waals surface area contributed by atoms with E-state index >= 15 is 0 Å². The lowest BCUT2D eigenvalue weighted by Gasteiger charge is -2.39. The van der Waals surface area contributed by atoms with Gasteiger partial charge in [0.05, 0.1) is 24.9 Å². The van der Waals surface area contributed by atoms with E-state index in [1.807, 2.05) is 16.0 Å². The van der Waals surface area contributed by atoms with Crippen molar-refractivity contribution in [2.24, 2.45) is 0 Å². The highest BCUT2D eigenvalue weighted by molar-refractivity contribution is 5.77. The Morgan fingerprint density at radius 2 is 2.12 bits per heavy atom. The van der Waals surface area contributed by atoms with Crippen LogP contribution in [0.15, 0.2) is 30.5 Å². The summed E-state index contributed by atoms with van der Waals surface area (Å²) in [6.07, 6.45) is 8.48. The van der Waals surface area contributed by atoms with Crippen molar-refractivity contribution in [2.75, 3.05) is 32.8 Å². The third-order valence-electron chi connectivity index (χ3n) is 8.03. The number of benzene rings is 1. The fourth-order valence-corrected chi connectivity index (χ4v) is 6.00. The number of amides is 2. The monoisotopic (exact) mass is 458 g/mol. The van der Waals surface area contributed by atoms with Crippen molar-refractivity contribution < 1.29 is 9.53 Å². The van der Waals surface area contributed by atoms with E-state index in [2.05, 4.69) is 43.4 Å². The normalized spacial score (nSPS) is 24.1. The second-order valence-electron chi connectivity index (χ2n) is 10.2. The molecule has 3 aliphatic heterocycles. The maximum absolute atomic E-state index is 13.4. The van der Waals surface area contributed by atoms with Crippen LogP contribution in [-0.4, -0.2) is 59.7 Å². The van der Waals surface area contributed by atoms with Crippen molar-refractivity contribution in [2.45, 2.75) is 58.2 Å². The summed E-state index contributed by atoms with van der Waals surface area (Å²) in [4.78, 5) is 22.2. The maximum atomic E-state index is 13.4. The molecule has 4 heterocycles. The topological polar surface area (TPSA) is 57.7 Å². The first kappa shape index (κ1) is 21.8. The van der Waals surface area contributed by atoms with Gasteiger partial charge in [-0.05, 0) is 85.2 Å². The van der Waals surface area contributed by atoms with Crippen LogP contribution >= 0.6 is 0 Å². The number of carbonyl (C=O) groups excluding carboxylic acids is 1. The zero-order valence-electron chi connectivity index (χ0n) is 20.3. The Hall–Kier alpha value is -2.70. The molecule has 1 N–H and O–H groups in total. The zero-order valence-corrected chi connectivity index (χ0v) is 20.3. The van der Waals surface area contributed by atoms with E-state index in [0.717, 1.165) is 32.4 Å². The molecule has 178 valence electrons. The SMILES string of the molecule is CC1=CCc2ncc(-c3cc4c(c([C@@H]5CCCN5)c3)CN(C(=O)N3CCOC[C@H]3C)CC4)cc21. The van der Waals surface area contributed by atoms with E-state index in [1.165, 1.54) is 51.1 Å². The first-order chi connectivity index (χ1) is 16.6. The van der Waals surface area contributed by atoms with Crippen LogP contribution in [0, 0.1) is 0 Å². The fraction of sp³-hybridized carbons (Fsp3) is 0.500. The molecule has 4 aliphatic rings. The number of nitrogens with zero attached hydrogens (tertiary/aromatic N) is 3. The molecule has 2 atom stereocenters. The summed E-state index contributed by atoms with van der Waals surface area (Å²) >= 11 is 0. The molecule has 6 heteroatoms. The van der Waals surface area contributed by atoms with Crippen LogP contribution in [0.3, 0.4) is 0 Å². The van der Waals surface area contributed by atoms with Crippen LogP contribution in [0.25, 0.3) is 16.7 Å². The third kappa shape index (κ3) is 3.83. The Bertz CT molecular complexity index is 1150. The molecule has 1 aliphatic carbocycles. The van der Waals surface area contributed by atoms with Crippen LogP contribution in [-0.2, 0) is 24.1 Å². The summed E-state index contributed by atoms with van der Waals surface area (Å²) in [6, 6.07) is 7.67. The lowest BCUT2D eigenvalue weighted by atomic mass is 9.87. The molecule has 0 saturated carbocycles. The van der Waals surface area contributed by atoms with Gasteiger partial charge in [-0.3, -0.25) is 4.98 Å². The molecule has 34 heavy (non-hydrogen) atoms. The minimum absolute atomic E-state index is 0.130. The van der Waals surface area contributed by atoms with E-state index < -0.39 is 0 Å². The van der Waals surface area contributed by atoms with E-state index in [4.69, 9.17) is 9.72 Å². The second-order valence-corrected chi connectivity index (χ2v) is 10.2. The highest BCUT2D eigenvalue weighted by Gasteiger charge is 2.32. The first-order valence-corrected chi connectivity index (χ1v) is 12.8. The summed E-state index contributed by atoms with van der Waals surface area (Å²) in [7, 11) is 0. The largest absolute Gasteiger partial charge is 0.377 e. The van der Waals surface area contributed by atoms with Gasteiger partial charge in [-0.15, -0.1) is 0 Å². The summed E-state index contributed by atoms with van der Waals surface area (Å²) in [5, 5.41) is 3.71. The second kappa shape index (κ2) is 8.82. The van der Waals surface area contributed by atoms with Crippen molar-refractivity contribution in [1.82, 2.24) is 20.1 Å². The third-order valence-corrected chi connectivity index (χ3v) is 8.03. The predicted octanol–water partition coefficient (Wildman–Crippen LogP) is 4.33. The molecular weight excluding hydrogens is 424 g/mol. The highest BCUT2D eigenvalue weighted by Crippen LogP contribution is 2.37. The van der Waals surface area contributed by atoms with Crippen molar-refractivity contribution in [1.29, 1.82) is 0 Å². The van der Waals surface area contributed by atoms with Gasteiger partial charge in [-0.25, -0.2) is 4.79 Å². The Labute approximate surface area is 202 Å². The van der Waals surface area contributed by atoms with Crippen molar-refractivity contribution in [3.63, 3.8) is 0 Å². The van der Waals surface area contributed by atoms with Gasteiger partial charge >= 0.3 is 6.03 Å². The van der Waals surface area contributed by atoms with Gasteiger partial charge in [0.2, 0.25) is 0 Å². The molecule has 0 radical (unpaired) electrons. The minimum atomic E-state index is 0.130. The average Bonchev–Trinajstić information content (AvgIpc) is 3.53. The van der Waals surface area contributed by atoms with Gasteiger partial charge in [0.25, 0.3) is 0 Å². The molecule has 2 saturated heterocycles. The number of fused-ring (bicyclic) bond motifs is 2. The number of nitrogens with one attached hydrogen (secondary N) is 1. The number of morpholine rings is 1. The zero-order chi connectivity index (χ0) is 23.2. The number of allylic oxidation sites excluding steroid dienone is 2. The lowest BCUT2D eigenvalue weighted by molar-refractivity contribution is 0.00934. The molecule has 2 amide bonds. The van der Waals surface area contributed by atoms with Crippen LogP contribution in [0.4, 0.5) is 4.79 Å². The number of pyridine rings is 1. The highest BCUT2D eigenvalue weighted by atomic mass is 16.5. The molecule has 2 aromatic rings. The Morgan fingerprint density at radius 3 is 2.94 bits per heavy atom. The van der Waals surface area contributed by atoms with Crippen LogP contribution in [0.5, 0.6) is 0 Å². The molecule has 0 bridgehead atoms. The van der Waals surface area contributed by atoms with Gasteiger partial charge in [0, 0.05) is 43.9 Å². The van der Waals surface area contributed by atoms with Crippen LogP contribution < -0.4 is 5.32 Å². The summed E-state index contributed by atoms with van der Waals surface area (Å²) in [5.41, 5.74) is 10.3. The van der Waals surface area contributed by atoms with Gasteiger partial charge in [-0.1, -0.05) is 12.1 Å². The smallest absolute Gasteiger partial charge is 0.320 e. The average molecular weight is 459 g/mol. The number of hydrogen-bond donors (Lipinski definition) is 1. The molecule has 2 fully saturated rings. The van der Waals surface area contributed by atoms with Crippen molar-refractivity contribution in [3.8, 4) is 11.1 Å². The molecule has 1 aromatic heterocycles. The van der Waals surface area contributed by atoms with Gasteiger partial charge in [-0.2, -0.15) is 0 Å². The quantitative estimate of drug-likeness (QED) is 0.728. The number of ether oxygens (including phenoxy) is 1. The molecule has 1 aromatic carbocycles. The minimum Gasteiger partial charge on any atom is -0.377 e. The van der Waals surface area contributed by atoms with E-state index in [1.54, 1.807) is 0 Å². The van der Waals surface area contributed by atoms with Crippen LogP contribution in [0.2, 0.25) is 0 Å². The molecule has 0 spiro atoms. The van der Waals surface area contributed by atoms with Gasteiger partial charge in [0.15, 0.2) is 0 Å². The first-order valence-electron chi connectivity index (χ1n) is 12.8. The van der Waals surface area contributed by atoms with E-state index in [0.29, 0.717) is 32.3 Å².